The number of hydrazine groups is 2. The minimum absolute atomic E-state index is 0.0682. The summed E-state index contributed by atoms with van der Waals surface area (Å²) in [6, 6.07) is 16.9. The van der Waals surface area contributed by atoms with Crippen molar-refractivity contribution < 1.29 is 14.0 Å². The van der Waals surface area contributed by atoms with Gasteiger partial charge in [0.1, 0.15) is 18.2 Å². The summed E-state index contributed by atoms with van der Waals surface area (Å²) in [5.41, 5.74) is 10.8. The Hall–Kier alpha value is -5.14. The topological polar surface area (TPSA) is 150 Å². The van der Waals surface area contributed by atoms with Crippen molar-refractivity contribution in [3.05, 3.63) is 107 Å². The number of nitrogens with one attached hydrogen (secondary N) is 5. The van der Waals surface area contributed by atoms with Crippen molar-refractivity contribution in [3.63, 3.8) is 0 Å². The molecule has 1 aliphatic rings. The molecule has 4 aromatic rings. The highest BCUT2D eigenvalue weighted by molar-refractivity contribution is 6.30. The summed E-state index contributed by atoms with van der Waals surface area (Å²) < 4.78 is 15.9. The molecule has 40 heavy (non-hydrogen) atoms. The fourth-order valence-corrected chi connectivity index (χ4v) is 4.07. The number of amides is 2. The SMILES string of the molecule is O=C(/C=C/c1cc(Cl)ccc1-n1cnnn1)N[C@@H](Cc1ccccc1F)C(=O)Nc1ccc(C2=NNNN2)cc1. The first kappa shape index (κ1) is 26.5. The second-order valence-electron chi connectivity index (χ2n) is 8.54. The van der Waals surface area contributed by atoms with E-state index in [2.05, 4.69) is 47.8 Å². The molecule has 0 saturated heterocycles. The number of carbonyl (C=O) groups is 2. The number of hydrazone groups is 1. The van der Waals surface area contributed by atoms with Gasteiger partial charge in [-0.05, 0) is 70.6 Å². The van der Waals surface area contributed by atoms with E-state index in [-0.39, 0.29) is 12.0 Å². The molecule has 5 N–H and O–H groups in total. The van der Waals surface area contributed by atoms with Gasteiger partial charge in [0.05, 0.1) is 5.69 Å². The van der Waals surface area contributed by atoms with Crippen molar-refractivity contribution in [1.29, 1.82) is 0 Å². The molecule has 0 saturated carbocycles. The highest BCUT2D eigenvalue weighted by Gasteiger charge is 2.22. The molecule has 12 nitrogen and oxygen atoms in total. The van der Waals surface area contributed by atoms with Gasteiger partial charge in [-0.25, -0.2) is 9.93 Å². The number of nitrogens with zero attached hydrogens (tertiary/aromatic N) is 5. The van der Waals surface area contributed by atoms with Gasteiger partial charge in [0, 0.05) is 34.3 Å². The summed E-state index contributed by atoms with van der Waals surface area (Å²) in [6.07, 6.45) is 4.13. The number of halogens is 2. The summed E-state index contributed by atoms with van der Waals surface area (Å²) in [5.74, 6) is -0.988. The second kappa shape index (κ2) is 12.1. The average molecular weight is 561 g/mol. The molecular weight excluding hydrogens is 539 g/mol. The number of tetrazole rings is 1. The van der Waals surface area contributed by atoms with Gasteiger partial charge in [0.15, 0.2) is 5.84 Å². The standard InChI is InChI=1S/C26H22ClFN10O2/c27-19-8-11-23(38-15-29-34-37-38)18(13-19)7-12-24(39)31-22(14-17-3-1-2-4-21(17)28)26(40)30-20-9-5-16(6-10-20)25-32-35-36-33-25/h1-13,15,22,35-36H,14H2,(H,30,40)(H,31,39)(H,32,33)/b12-7+/t22-/m0/s1. The fourth-order valence-electron chi connectivity index (χ4n) is 3.89. The Kier molecular flexibility index (Phi) is 8.04. The van der Waals surface area contributed by atoms with Gasteiger partial charge < -0.3 is 10.6 Å². The largest absolute Gasteiger partial charge is 0.340 e. The normalized spacial score (nSPS) is 13.3. The average Bonchev–Trinajstić information content (AvgIpc) is 3.68. The van der Waals surface area contributed by atoms with Gasteiger partial charge in [-0.2, -0.15) is 4.68 Å². The minimum atomic E-state index is -1.08. The van der Waals surface area contributed by atoms with Crippen LogP contribution in [0.5, 0.6) is 0 Å². The maximum absolute atomic E-state index is 14.4. The summed E-state index contributed by atoms with van der Waals surface area (Å²) in [6.45, 7) is 0. The van der Waals surface area contributed by atoms with E-state index < -0.39 is 23.7 Å². The predicted molar refractivity (Wildman–Crippen MR) is 146 cm³/mol. The molecule has 0 unspecified atom stereocenters. The molecule has 0 fully saturated rings. The Balaban J connectivity index is 1.33. The molecule has 0 spiro atoms. The van der Waals surface area contributed by atoms with Gasteiger partial charge in [-0.1, -0.05) is 29.8 Å². The maximum atomic E-state index is 14.4. The lowest BCUT2D eigenvalue weighted by Crippen LogP contribution is -2.44. The smallest absolute Gasteiger partial charge is 0.247 e. The first-order valence-electron chi connectivity index (χ1n) is 12.0. The molecule has 0 radical (unpaired) electrons. The van der Waals surface area contributed by atoms with Crippen molar-refractivity contribution in [2.24, 2.45) is 5.10 Å². The third-order valence-electron chi connectivity index (χ3n) is 5.84. The summed E-state index contributed by atoms with van der Waals surface area (Å²) in [5, 5.41) is 21.1. The van der Waals surface area contributed by atoms with E-state index in [1.54, 1.807) is 60.7 Å². The summed E-state index contributed by atoms with van der Waals surface area (Å²) in [7, 11) is 0. The Bertz CT molecular complexity index is 1570. The number of anilines is 1. The Morgan fingerprint density at radius 1 is 1.10 bits per heavy atom. The van der Waals surface area contributed by atoms with E-state index >= 15 is 0 Å². The van der Waals surface area contributed by atoms with E-state index in [1.807, 2.05) is 0 Å². The lowest BCUT2D eigenvalue weighted by molar-refractivity contribution is -0.123. The third-order valence-corrected chi connectivity index (χ3v) is 6.08. The van der Waals surface area contributed by atoms with Crippen LogP contribution in [0.4, 0.5) is 10.1 Å². The number of hydrogen-bond acceptors (Lipinski definition) is 9. The zero-order chi connectivity index (χ0) is 27.9. The molecule has 14 heteroatoms. The molecule has 5 rings (SSSR count). The van der Waals surface area contributed by atoms with Crippen molar-refractivity contribution in [2.45, 2.75) is 12.5 Å². The van der Waals surface area contributed by atoms with Gasteiger partial charge in [-0.3, -0.25) is 15.0 Å². The van der Waals surface area contributed by atoms with Crippen LogP contribution < -0.4 is 27.1 Å². The first-order chi connectivity index (χ1) is 19.5. The van der Waals surface area contributed by atoms with Crippen molar-refractivity contribution in [3.8, 4) is 5.69 Å². The van der Waals surface area contributed by atoms with Gasteiger partial charge in [0.2, 0.25) is 11.8 Å². The quantitative estimate of drug-likeness (QED) is 0.195. The molecule has 1 atom stereocenters. The van der Waals surface area contributed by atoms with Crippen LogP contribution >= 0.6 is 11.6 Å². The summed E-state index contributed by atoms with van der Waals surface area (Å²) >= 11 is 6.15. The summed E-state index contributed by atoms with van der Waals surface area (Å²) in [4.78, 5) is 26.2. The Labute approximate surface area is 232 Å². The van der Waals surface area contributed by atoms with Crippen LogP contribution in [0.15, 0.2) is 84.2 Å². The lowest BCUT2D eigenvalue weighted by atomic mass is 10.0. The molecule has 0 bridgehead atoms. The minimum Gasteiger partial charge on any atom is -0.340 e. The van der Waals surface area contributed by atoms with Crippen LogP contribution in [-0.4, -0.2) is 43.9 Å². The molecule has 202 valence electrons. The van der Waals surface area contributed by atoms with Crippen molar-refractivity contribution >= 4 is 41.0 Å². The van der Waals surface area contributed by atoms with E-state index in [1.165, 1.54) is 29.2 Å². The highest BCUT2D eigenvalue weighted by atomic mass is 35.5. The van der Waals surface area contributed by atoms with E-state index in [4.69, 9.17) is 11.6 Å². The van der Waals surface area contributed by atoms with Crippen molar-refractivity contribution in [1.82, 2.24) is 42.0 Å². The van der Waals surface area contributed by atoms with Crippen LogP contribution in [0.3, 0.4) is 0 Å². The fraction of sp³-hybridized carbons (Fsp3) is 0.0769. The van der Waals surface area contributed by atoms with Crippen LogP contribution in [0.25, 0.3) is 11.8 Å². The van der Waals surface area contributed by atoms with Crippen LogP contribution in [0.1, 0.15) is 16.7 Å². The zero-order valence-corrected chi connectivity index (χ0v) is 21.4. The second-order valence-corrected chi connectivity index (χ2v) is 8.97. The third kappa shape index (κ3) is 6.46. The van der Waals surface area contributed by atoms with Crippen LogP contribution in [0, 0.1) is 5.82 Å². The van der Waals surface area contributed by atoms with E-state index in [0.29, 0.717) is 27.8 Å². The highest BCUT2D eigenvalue weighted by Crippen LogP contribution is 2.20. The maximum Gasteiger partial charge on any atom is 0.247 e. The number of hydrogen-bond donors (Lipinski definition) is 5. The van der Waals surface area contributed by atoms with Crippen molar-refractivity contribution in [2.75, 3.05) is 5.32 Å². The molecule has 1 aromatic heterocycles. The first-order valence-corrected chi connectivity index (χ1v) is 12.3. The van der Waals surface area contributed by atoms with Gasteiger partial charge in [0.25, 0.3) is 0 Å². The number of carbonyl (C=O) groups excluding carboxylic acids is 2. The monoisotopic (exact) mass is 560 g/mol. The number of benzene rings is 3. The zero-order valence-electron chi connectivity index (χ0n) is 20.7. The predicted octanol–water partition coefficient (Wildman–Crippen LogP) is 2.11. The number of aromatic nitrogens is 4. The van der Waals surface area contributed by atoms with E-state index in [9.17, 15) is 14.0 Å². The van der Waals surface area contributed by atoms with E-state index in [0.717, 1.165) is 5.56 Å². The Morgan fingerprint density at radius 3 is 2.65 bits per heavy atom. The lowest BCUT2D eigenvalue weighted by Gasteiger charge is -2.18. The molecule has 3 aromatic carbocycles. The number of rotatable bonds is 9. The van der Waals surface area contributed by atoms with Gasteiger partial charge >= 0.3 is 0 Å². The number of amidine groups is 1. The molecule has 0 aliphatic carbocycles. The Morgan fingerprint density at radius 2 is 1.93 bits per heavy atom. The van der Waals surface area contributed by atoms with Crippen LogP contribution in [0.2, 0.25) is 5.02 Å². The van der Waals surface area contributed by atoms with Crippen LogP contribution in [-0.2, 0) is 16.0 Å². The molecule has 1 aliphatic heterocycles. The van der Waals surface area contributed by atoms with Gasteiger partial charge in [-0.15, -0.1) is 15.7 Å². The molecular formula is C26H22ClFN10O2. The molecule has 2 amide bonds. The molecule has 2 heterocycles.